The van der Waals surface area contributed by atoms with Gasteiger partial charge in [-0.3, -0.25) is 9.69 Å². The number of pyridine rings is 1. The number of likely N-dealkylation sites (tertiary alicyclic amines) is 1. The van der Waals surface area contributed by atoms with Crippen LogP contribution >= 0.6 is 11.6 Å². The highest BCUT2D eigenvalue weighted by Gasteiger charge is 2.30. The lowest BCUT2D eigenvalue weighted by Gasteiger charge is -2.35. The molecule has 0 aromatic carbocycles. The Bertz CT molecular complexity index is 829. The molecule has 0 radical (unpaired) electrons. The number of carbonyl (C=O) groups is 1. The van der Waals surface area contributed by atoms with Gasteiger partial charge in [-0.1, -0.05) is 11.6 Å². The number of carbonyl (C=O) groups excluding carboxylic acids is 1. The number of hydrogen-bond acceptors (Lipinski definition) is 8. The van der Waals surface area contributed by atoms with E-state index >= 15 is 0 Å². The first-order valence-corrected chi connectivity index (χ1v) is 9.56. The van der Waals surface area contributed by atoms with E-state index in [1.54, 1.807) is 17.0 Å². The van der Waals surface area contributed by atoms with Gasteiger partial charge in [0.15, 0.2) is 5.82 Å². The molecule has 1 aliphatic rings. The average Bonchev–Trinajstić information content (AvgIpc) is 2.68. The first-order valence-electron chi connectivity index (χ1n) is 9.18. The molecule has 0 spiro atoms. The van der Waals surface area contributed by atoms with Crippen molar-refractivity contribution in [3.63, 3.8) is 0 Å². The van der Waals surface area contributed by atoms with Gasteiger partial charge in [-0.25, -0.2) is 4.98 Å². The fraction of sp³-hybridized carbons (Fsp3) is 0.500. The van der Waals surface area contributed by atoms with Crippen LogP contribution < -0.4 is 16.0 Å². The third-order valence-electron chi connectivity index (χ3n) is 4.78. The number of hydrogen-bond donors (Lipinski definition) is 2. The van der Waals surface area contributed by atoms with Crippen molar-refractivity contribution in [2.45, 2.75) is 25.8 Å². The molecule has 2 unspecified atom stereocenters. The van der Waals surface area contributed by atoms with Gasteiger partial charge in [0.05, 0.1) is 17.0 Å². The van der Waals surface area contributed by atoms with Crippen LogP contribution in [-0.4, -0.2) is 57.9 Å². The van der Waals surface area contributed by atoms with Crippen LogP contribution in [0.3, 0.4) is 0 Å². The number of nitrogens with two attached hydrogens (primary N) is 1. The molecular weight excluding hydrogens is 380 g/mol. The van der Waals surface area contributed by atoms with Gasteiger partial charge in [-0.15, -0.1) is 0 Å². The highest BCUT2D eigenvalue weighted by atomic mass is 35.5. The van der Waals surface area contributed by atoms with Gasteiger partial charge in [0.25, 0.3) is 0 Å². The van der Waals surface area contributed by atoms with E-state index in [9.17, 15) is 4.79 Å². The fourth-order valence-corrected chi connectivity index (χ4v) is 3.31. The molecule has 1 amide bonds. The van der Waals surface area contributed by atoms with Crippen molar-refractivity contribution in [1.82, 2.24) is 24.8 Å². The maximum atomic E-state index is 12.7. The van der Waals surface area contributed by atoms with Gasteiger partial charge in [-0.2, -0.15) is 15.0 Å². The zero-order valence-electron chi connectivity index (χ0n) is 16.3. The first kappa shape index (κ1) is 20.2. The van der Waals surface area contributed by atoms with E-state index < -0.39 is 0 Å². The molecule has 0 saturated carbocycles. The molecule has 3 heterocycles. The molecular formula is C18H25ClN8O. The van der Waals surface area contributed by atoms with Crippen LogP contribution in [0.25, 0.3) is 0 Å². The summed E-state index contributed by atoms with van der Waals surface area (Å²) in [6.07, 6.45) is 3.25. The maximum Gasteiger partial charge on any atom is 0.229 e. The summed E-state index contributed by atoms with van der Waals surface area (Å²) in [5.74, 6) is 1.64. The van der Waals surface area contributed by atoms with Crippen molar-refractivity contribution < 1.29 is 4.79 Å². The summed E-state index contributed by atoms with van der Waals surface area (Å²) < 4.78 is 0. The van der Waals surface area contributed by atoms with Gasteiger partial charge in [-0.05, 0) is 38.4 Å². The minimum atomic E-state index is -0.138. The molecule has 9 nitrogen and oxygen atoms in total. The van der Waals surface area contributed by atoms with Crippen LogP contribution in [0.2, 0.25) is 5.02 Å². The highest BCUT2D eigenvalue weighted by molar-refractivity contribution is 6.30. The number of aromatic nitrogens is 4. The van der Waals surface area contributed by atoms with E-state index in [4.69, 9.17) is 17.3 Å². The standard InChI is InChI=1S/C18H25ClN8O/c1-11(15-23-17(20)25-18(24-15)26(2)3)27-8-4-5-12(10-27)16(28)22-14-7-6-13(19)9-21-14/h6-7,9,11-12H,4-5,8,10H2,1-3H3,(H,21,22,28)(H2,20,23,24,25). The minimum Gasteiger partial charge on any atom is -0.368 e. The second kappa shape index (κ2) is 8.66. The van der Waals surface area contributed by atoms with E-state index in [1.807, 2.05) is 21.0 Å². The SMILES string of the molecule is CC(c1nc(N)nc(N(C)C)n1)N1CCCC(C(=O)Nc2ccc(Cl)cn2)C1. The van der Waals surface area contributed by atoms with Gasteiger partial charge in [0, 0.05) is 26.8 Å². The highest BCUT2D eigenvalue weighted by Crippen LogP contribution is 2.26. The topological polar surface area (TPSA) is 113 Å². The molecule has 28 heavy (non-hydrogen) atoms. The quantitative estimate of drug-likeness (QED) is 0.777. The van der Waals surface area contributed by atoms with Crippen molar-refractivity contribution in [1.29, 1.82) is 0 Å². The zero-order chi connectivity index (χ0) is 20.3. The maximum absolute atomic E-state index is 12.7. The zero-order valence-corrected chi connectivity index (χ0v) is 17.0. The van der Waals surface area contributed by atoms with Crippen LogP contribution in [0.1, 0.15) is 31.6 Å². The minimum absolute atomic E-state index is 0.0455. The van der Waals surface area contributed by atoms with Crippen molar-refractivity contribution in [2.75, 3.05) is 43.1 Å². The molecule has 1 aliphatic heterocycles. The number of piperidine rings is 1. The average molecular weight is 405 g/mol. The Hall–Kier alpha value is -2.52. The number of anilines is 3. The lowest BCUT2D eigenvalue weighted by atomic mass is 9.96. The molecule has 2 aromatic rings. The van der Waals surface area contributed by atoms with Crippen molar-refractivity contribution in [3.8, 4) is 0 Å². The Morgan fingerprint density at radius 1 is 1.36 bits per heavy atom. The van der Waals surface area contributed by atoms with Crippen LogP contribution in [0.15, 0.2) is 18.3 Å². The van der Waals surface area contributed by atoms with Crippen LogP contribution in [-0.2, 0) is 4.79 Å². The Balaban J connectivity index is 1.68. The summed E-state index contributed by atoms with van der Waals surface area (Å²) in [7, 11) is 3.71. The smallest absolute Gasteiger partial charge is 0.229 e. The molecule has 3 N–H and O–H groups in total. The fourth-order valence-electron chi connectivity index (χ4n) is 3.20. The molecule has 0 aliphatic carbocycles. The predicted molar refractivity (Wildman–Crippen MR) is 109 cm³/mol. The molecule has 0 bridgehead atoms. The molecule has 150 valence electrons. The van der Waals surface area contributed by atoms with E-state index in [1.165, 1.54) is 6.20 Å². The van der Waals surface area contributed by atoms with Gasteiger partial charge in [0.2, 0.25) is 17.8 Å². The van der Waals surface area contributed by atoms with Crippen LogP contribution in [0.4, 0.5) is 17.7 Å². The van der Waals surface area contributed by atoms with Crippen LogP contribution in [0, 0.1) is 5.92 Å². The lowest BCUT2D eigenvalue weighted by molar-refractivity contribution is -0.121. The summed E-state index contributed by atoms with van der Waals surface area (Å²) in [4.78, 5) is 33.8. The molecule has 2 aromatic heterocycles. The molecule has 1 fully saturated rings. The summed E-state index contributed by atoms with van der Waals surface area (Å²) in [6, 6.07) is 3.32. The molecule has 2 atom stereocenters. The number of rotatable bonds is 5. The Morgan fingerprint density at radius 2 is 2.14 bits per heavy atom. The Morgan fingerprint density at radius 3 is 2.82 bits per heavy atom. The molecule has 1 saturated heterocycles. The lowest BCUT2D eigenvalue weighted by Crippen LogP contribution is -2.42. The van der Waals surface area contributed by atoms with Crippen molar-refractivity contribution >= 4 is 35.2 Å². The van der Waals surface area contributed by atoms with Gasteiger partial charge >= 0.3 is 0 Å². The molecule has 3 rings (SSSR count). The van der Waals surface area contributed by atoms with E-state index in [0.717, 1.165) is 19.4 Å². The predicted octanol–water partition coefficient (Wildman–Crippen LogP) is 1.98. The van der Waals surface area contributed by atoms with Gasteiger partial charge < -0.3 is 16.0 Å². The summed E-state index contributed by atoms with van der Waals surface area (Å²) >= 11 is 5.84. The monoisotopic (exact) mass is 404 g/mol. The van der Waals surface area contributed by atoms with Crippen molar-refractivity contribution in [2.24, 2.45) is 5.92 Å². The number of nitrogens with one attached hydrogen (secondary N) is 1. The van der Waals surface area contributed by atoms with E-state index in [-0.39, 0.29) is 23.8 Å². The summed E-state index contributed by atoms with van der Waals surface area (Å²) in [6.45, 7) is 3.51. The Labute approximate surface area is 169 Å². The van der Waals surface area contributed by atoms with E-state index in [0.29, 0.717) is 29.2 Å². The van der Waals surface area contributed by atoms with Crippen LogP contribution in [0.5, 0.6) is 0 Å². The third kappa shape index (κ3) is 4.85. The summed E-state index contributed by atoms with van der Waals surface area (Å²) in [5.41, 5.74) is 5.85. The second-order valence-corrected chi connectivity index (χ2v) is 7.54. The third-order valence-corrected chi connectivity index (χ3v) is 5.01. The molecule has 10 heteroatoms. The first-order chi connectivity index (χ1) is 13.3. The number of nitrogen functional groups attached to an aromatic ring is 1. The summed E-state index contributed by atoms with van der Waals surface area (Å²) in [5, 5.41) is 3.40. The van der Waals surface area contributed by atoms with E-state index in [2.05, 4.69) is 30.2 Å². The number of nitrogens with zero attached hydrogens (tertiary/aromatic N) is 6. The largest absolute Gasteiger partial charge is 0.368 e. The van der Waals surface area contributed by atoms with Crippen molar-refractivity contribution in [3.05, 3.63) is 29.2 Å². The number of amides is 1. The normalized spacial score (nSPS) is 18.5. The Kier molecular flexibility index (Phi) is 6.25. The number of halogens is 1. The second-order valence-electron chi connectivity index (χ2n) is 7.11. The van der Waals surface area contributed by atoms with Gasteiger partial charge in [0.1, 0.15) is 5.82 Å².